The first-order chi connectivity index (χ1) is 7.81. The maximum absolute atomic E-state index is 11.5. The Hall–Kier alpha value is -2.10. The van der Waals surface area contributed by atoms with Gasteiger partial charge in [0.2, 0.25) is 0 Å². The SMILES string of the molecule is CC=CCn1nc(-c2ccco2)ccc1=O. The van der Waals surface area contributed by atoms with Crippen molar-refractivity contribution in [2.75, 3.05) is 0 Å². The third kappa shape index (κ3) is 2.11. The van der Waals surface area contributed by atoms with Gasteiger partial charge in [-0.1, -0.05) is 12.2 Å². The van der Waals surface area contributed by atoms with Crippen molar-refractivity contribution in [2.45, 2.75) is 13.5 Å². The minimum absolute atomic E-state index is 0.117. The zero-order valence-electron chi connectivity index (χ0n) is 8.96. The van der Waals surface area contributed by atoms with Crippen molar-refractivity contribution in [1.82, 2.24) is 9.78 Å². The molecule has 2 rings (SSSR count). The van der Waals surface area contributed by atoms with E-state index in [4.69, 9.17) is 4.42 Å². The van der Waals surface area contributed by atoms with Gasteiger partial charge in [-0.15, -0.1) is 0 Å². The first-order valence-corrected chi connectivity index (χ1v) is 5.04. The van der Waals surface area contributed by atoms with E-state index in [1.165, 1.54) is 10.7 Å². The Morgan fingerprint density at radius 1 is 1.44 bits per heavy atom. The molecule has 0 spiro atoms. The Morgan fingerprint density at radius 2 is 2.31 bits per heavy atom. The topological polar surface area (TPSA) is 48.0 Å². The molecule has 0 aliphatic rings. The number of aromatic nitrogens is 2. The van der Waals surface area contributed by atoms with Crippen molar-refractivity contribution in [3.8, 4) is 11.5 Å². The number of furan rings is 1. The van der Waals surface area contributed by atoms with Gasteiger partial charge in [-0.2, -0.15) is 5.10 Å². The standard InChI is InChI=1S/C12H12N2O2/c1-2-3-8-14-12(15)7-6-10(13-14)11-5-4-9-16-11/h2-7,9H,8H2,1H3. The monoisotopic (exact) mass is 216 g/mol. The molecule has 0 saturated heterocycles. The molecule has 2 aromatic rings. The molecule has 0 aliphatic heterocycles. The molecule has 82 valence electrons. The van der Waals surface area contributed by atoms with E-state index in [-0.39, 0.29) is 5.56 Å². The van der Waals surface area contributed by atoms with Gasteiger partial charge < -0.3 is 4.42 Å². The average molecular weight is 216 g/mol. The lowest BCUT2D eigenvalue weighted by Crippen LogP contribution is -2.21. The first-order valence-electron chi connectivity index (χ1n) is 5.04. The van der Waals surface area contributed by atoms with Crippen molar-refractivity contribution in [3.63, 3.8) is 0 Å². The predicted molar refractivity (Wildman–Crippen MR) is 61.0 cm³/mol. The minimum atomic E-state index is -0.117. The van der Waals surface area contributed by atoms with Crippen LogP contribution in [0.2, 0.25) is 0 Å². The largest absolute Gasteiger partial charge is 0.463 e. The van der Waals surface area contributed by atoms with Crippen LogP contribution in [0.1, 0.15) is 6.92 Å². The number of hydrogen-bond donors (Lipinski definition) is 0. The fraction of sp³-hybridized carbons (Fsp3) is 0.167. The molecular weight excluding hydrogens is 204 g/mol. The zero-order chi connectivity index (χ0) is 11.4. The summed E-state index contributed by atoms with van der Waals surface area (Å²) in [7, 11) is 0. The predicted octanol–water partition coefficient (Wildman–Crippen LogP) is 2.08. The van der Waals surface area contributed by atoms with E-state index in [1.807, 2.05) is 25.1 Å². The van der Waals surface area contributed by atoms with Crippen LogP contribution in [-0.2, 0) is 6.54 Å². The van der Waals surface area contributed by atoms with Crippen LogP contribution in [0.3, 0.4) is 0 Å². The first kappa shape index (κ1) is 10.4. The van der Waals surface area contributed by atoms with Gasteiger partial charge in [0.25, 0.3) is 5.56 Å². The van der Waals surface area contributed by atoms with Crippen molar-refractivity contribution >= 4 is 0 Å². The Labute approximate surface area is 92.8 Å². The van der Waals surface area contributed by atoms with Gasteiger partial charge in [0.05, 0.1) is 12.8 Å². The third-order valence-electron chi connectivity index (χ3n) is 2.15. The van der Waals surface area contributed by atoms with Gasteiger partial charge in [0, 0.05) is 6.07 Å². The highest BCUT2D eigenvalue weighted by Gasteiger charge is 2.04. The highest BCUT2D eigenvalue weighted by Crippen LogP contribution is 2.14. The summed E-state index contributed by atoms with van der Waals surface area (Å²) in [5.74, 6) is 0.661. The molecule has 0 aliphatic carbocycles. The second kappa shape index (κ2) is 4.61. The number of hydrogen-bond acceptors (Lipinski definition) is 3. The molecule has 0 radical (unpaired) electrons. The molecule has 0 aromatic carbocycles. The summed E-state index contributed by atoms with van der Waals surface area (Å²) in [4.78, 5) is 11.5. The van der Waals surface area contributed by atoms with Gasteiger partial charge in [-0.25, -0.2) is 4.68 Å². The third-order valence-corrected chi connectivity index (χ3v) is 2.15. The van der Waals surface area contributed by atoms with E-state index >= 15 is 0 Å². The molecular formula is C12H12N2O2. The molecule has 0 saturated carbocycles. The summed E-state index contributed by atoms with van der Waals surface area (Å²) in [6, 6.07) is 6.76. The van der Waals surface area contributed by atoms with E-state index in [1.54, 1.807) is 18.4 Å². The lowest BCUT2D eigenvalue weighted by Gasteiger charge is -2.02. The smallest absolute Gasteiger partial charge is 0.267 e. The Bertz CT molecular complexity index is 538. The maximum atomic E-state index is 11.5. The summed E-state index contributed by atoms with van der Waals surface area (Å²) in [5.41, 5.74) is 0.544. The second-order valence-electron chi connectivity index (χ2n) is 3.29. The summed E-state index contributed by atoms with van der Waals surface area (Å²) in [5, 5.41) is 4.21. The van der Waals surface area contributed by atoms with Gasteiger partial charge in [0.1, 0.15) is 5.69 Å². The van der Waals surface area contributed by atoms with Crippen molar-refractivity contribution in [1.29, 1.82) is 0 Å². The van der Waals surface area contributed by atoms with Crippen molar-refractivity contribution in [3.05, 3.63) is 53.0 Å². The molecule has 0 fully saturated rings. The second-order valence-corrected chi connectivity index (χ2v) is 3.29. The van der Waals surface area contributed by atoms with E-state index in [0.29, 0.717) is 18.0 Å². The number of allylic oxidation sites excluding steroid dienone is 2. The van der Waals surface area contributed by atoms with E-state index in [9.17, 15) is 4.79 Å². The van der Waals surface area contributed by atoms with Crippen LogP contribution >= 0.6 is 0 Å². The molecule has 4 nitrogen and oxygen atoms in total. The van der Waals surface area contributed by atoms with Crippen LogP contribution < -0.4 is 5.56 Å². The number of rotatable bonds is 3. The molecule has 2 heterocycles. The van der Waals surface area contributed by atoms with Crippen LogP contribution in [0, 0.1) is 0 Å². The van der Waals surface area contributed by atoms with Gasteiger partial charge in [-0.3, -0.25) is 4.79 Å². The molecule has 0 amide bonds. The normalized spacial score (nSPS) is 11.1. The van der Waals surface area contributed by atoms with E-state index < -0.39 is 0 Å². The molecule has 0 N–H and O–H groups in total. The summed E-state index contributed by atoms with van der Waals surface area (Å²) in [6.45, 7) is 2.38. The quantitative estimate of drug-likeness (QED) is 0.738. The summed E-state index contributed by atoms with van der Waals surface area (Å²) >= 11 is 0. The Kier molecular flexibility index (Phi) is 3.00. The summed E-state index contributed by atoms with van der Waals surface area (Å²) < 4.78 is 6.62. The maximum Gasteiger partial charge on any atom is 0.267 e. The van der Waals surface area contributed by atoms with Gasteiger partial charge in [0.15, 0.2) is 5.76 Å². The van der Waals surface area contributed by atoms with Crippen LogP contribution in [0.4, 0.5) is 0 Å². The highest BCUT2D eigenvalue weighted by atomic mass is 16.3. The Balaban J connectivity index is 2.39. The van der Waals surface area contributed by atoms with Crippen molar-refractivity contribution < 1.29 is 4.42 Å². The molecule has 2 aromatic heterocycles. The molecule has 0 bridgehead atoms. The lowest BCUT2D eigenvalue weighted by molar-refractivity contribution is 0.570. The number of nitrogens with zero attached hydrogens (tertiary/aromatic N) is 2. The molecule has 4 heteroatoms. The highest BCUT2D eigenvalue weighted by molar-refractivity contribution is 5.50. The lowest BCUT2D eigenvalue weighted by atomic mass is 10.3. The fourth-order valence-electron chi connectivity index (χ4n) is 1.34. The van der Waals surface area contributed by atoms with Crippen LogP contribution in [0.25, 0.3) is 11.5 Å². The van der Waals surface area contributed by atoms with E-state index in [0.717, 1.165) is 0 Å². The van der Waals surface area contributed by atoms with Crippen LogP contribution in [0.5, 0.6) is 0 Å². The van der Waals surface area contributed by atoms with Gasteiger partial charge >= 0.3 is 0 Å². The van der Waals surface area contributed by atoms with Gasteiger partial charge in [-0.05, 0) is 25.1 Å². The van der Waals surface area contributed by atoms with Crippen molar-refractivity contribution in [2.24, 2.45) is 0 Å². The van der Waals surface area contributed by atoms with Crippen LogP contribution in [0.15, 0.2) is 51.9 Å². The zero-order valence-corrected chi connectivity index (χ0v) is 8.96. The Morgan fingerprint density at radius 3 is 3.00 bits per heavy atom. The minimum Gasteiger partial charge on any atom is -0.463 e. The molecule has 0 unspecified atom stereocenters. The van der Waals surface area contributed by atoms with Crippen LogP contribution in [-0.4, -0.2) is 9.78 Å². The van der Waals surface area contributed by atoms with E-state index in [2.05, 4.69) is 5.10 Å². The summed E-state index contributed by atoms with van der Waals surface area (Å²) in [6.07, 6.45) is 5.34. The molecule has 16 heavy (non-hydrogen) atoms. The average Bonchev–Trinajstić information content (AvgIpc) is 2.81. The molecule has 0 atom stereocenters. The fourth-order valence-corrected chi connectivity index (χ4v) is 1.34.